The number of primary amides is 1. The molecule has 0 unspecified atom stereocenters. The third-order valence-electron chi connectivity index (χ3n) is 5.07. The summed E-state index contributed by atoms with van der Waals surface area (Å²) in [5, 5.41) is 0. The Morgan fingerprint density at radius 1 is 0.720 bits per heavy atom. The molecule has 0 saturated carbocycles. The molecule has 0 aromatic rings. The summed E-state index contributed by atoms with van der Waals surface area (Å²) in [6, 6.07) is 0. The van der Waals surface area contributed by atoms with Gasteiger partial charge in [-0.2, -0.15) is 0 Å². The van der Waals surface area contributed by atoms with Crippen LogP contribution in [0.15, 0.2) is 11.6 Å². The summed E-state index contributed by atoms with van der Waals surface area (Å²) in [4.78, 5) is 10.9. The molecule has 0 aromatic carbocycles. The van der Waals surface area contributed by atoms with E-state index in [-0.39, 0.29) is 5.91 Å². The summed E-state index contributed by atoms with van der Waals surface area (Å²) >= 11 is 0. The number of rotatable bonds is 18. The molecule has 0 saturated heterocycles. The summed E-state index contributed by atoms with van der Waals surface area (Å²) in [6.45, 7) is 6.45. The summed E-state index contributed by atoms with van der Waals surface area (Å²) in [5.41, 5.74) is 5.91. The van der Waals surface area contributed by atoms with E-state index in [9.17, 15) is 4.79 Å². The van der Waals surface area contributed by atoms with Crippen LogP contribution in [0, 0.1) is 5.92 Å². The van der Waals surface area contributed by atoms with Crippen molar-refractivity contribution >= 4 is 5.91 Å². The van der Waals surface area contributed by atoms with Gasteiger partial charge in [-0.15, -0.1) is 0 Å². The number of carbonyl (C=O) groups excluding carboxylic acids is 1. The molecule has 2 heteroatoms. The predicted octanol–water partition coefficient (Wildman–Crippen LogP) is 7.32. The summed E-state index contributed by atoms with van der Waals surface area (Å²) in [7, 11) is 0. The smallest absolute Gasteiger partial charge is 0.244 e. The highest BCUT2D eigenvalue weighted by Crippen LogP contribution is 2.15. The van der Waals surface area contributed by atoms with E-state index in [4.69, 9.17) is 5.73 Å². The fourth-order valence-corrected chi connectivity index (χ4v) is 3.24. The molecule has 148 valence electrons. The number of hydrogen-bond donors (Lipinski definition) is 1. The molecule has 1 amide bonds. The maximum Gasteiger partial charge on any atom is 0.244 e. The topological polar surface area (TPSA) is 43.1 Å². The van der Waals surface area contributed by atoms with Crippen molar-refractivity contribution < 1.29 is 4.79 Å². The van der Waals surface area contributed by atoms with E-state index in [1.807, 2.05) is 6.08 Å². The van der Waals surface area contributed by atoms with Gasteiger partial charge in [-0.05, 0) is 25.7 Å². The average molecular weight is 352 g/mol. The first kappa shape index (κ1) is 24.2. The van der Waals surface area contributed by atoms with Crippen LogP contribution in [0.5, 0.6) is 0 Å². The van der Waals surface area contributed by atoms with Crippen molar-refractivity contribution in [2.24, 2.45) is 11.7 Å². The van der Waals surface area contributed by atoms with E-state index in [0.717, 1.165) is 12.3 Å². The molecule has 0 radical (unpaired) electrons. The van der Waals surface area contributed by atoms with E-state index < -0.39 is 0 Å². The zero-order valence-electron chi connectivity index (χ0n) is 17.5. The first-order valence-electron chi connectivity index (χ1n) is 11.0. The SMILES string of the molecule is C/C(=C\CCCCCCCCCCCCCCCCC(C)C)C(N)=O. The number of amides is 1. The minimum Gasteiger partial charge on any atom is -0.366 e. The van der Waals surface area contributed by atoms with Crippen molar-refractivity contribution in [2.45, 2.75) is 124 Å². The minimum atomic E-state index is -0.286. The molecular formula is C23H45NO. The van der Waals surface area contributed by atoms with E-state index >= 15 is 0 Å². The monoisotopic (exact) mass is 351 g/mol. The zero-order valence-corrected chi connectivity index (χ0v) is 17.5. The molecule has 25 heavy (non-hydrogen) atoms. The van der Waals surface area contributed by atoms with Crippen LogP contribution in [-0.4, -0.2) is 5.91 Å². The third kappa shape index (κ3) is 19.4. The Kier molecular flexibility index (Phi) is 17.4. The minimum absolute atomic E-state index is 0.286. The number of nitrogens with two attached hydrogens (primary N) is 1. The molecule has 0 rings (SSSR count). The van der Waals surface area contributed by atoms with Gasteiger partial charge in [0.25, 0.3) is 0 Å². The molecule has 0 aliphatic carbocycles. The highest BCUT2D eigenvalue weighted by Gasteiger charge is 1.97. The molecule has 0 spiro atoms. The lowest BCUT2D eigenvalue weighted by Crippen LogP contribution is -2.11. The Bertz CT molecular complexity index is 333. The van der Waals surface area contributed by atoms with Crippen molar-refractivity contribution in [1.29, 1.82) is 0 Å². The second-order valence-corrected chi connectivity index (χ2v) is 8.17. The van der Waals surface area contributed by atoms with Gasteiger partial charge in [-0.3, -0.25) is 4.79 Å². The zero-order chi connectivity index (χ0) is 18.8. The maximum atomic E-state index is 10.9. The maximum absolute atomic E-state index is 10.9. The van der Waals surface area contributed by atoms with Gasteiger partial charge in [0, 0.05) is 5.57 Å². The highest BCUT2D eigenvalue weighted by molar-refractivity contribution is 5.91. The van der Waals surface area contributed by atoms with Gasteiger partial charge in [0.1, 0.15) is 0 Å². The molecular weight excluding hydrogens is 306 g/mol. The fourth-order valence-electron chi connectivity index (χ4n) is 3.24. The molecule has 0 heterocycles. The Labute approximate surface area is 158 Å². The van der Waals surface area contributed by atoms with Crippen molar-refractivity contribution in [2.75, 3.05) is 0 Å². The number of hydrogen-bond acceptors (Lipinski definition) is 1. The third-order valence-corrected chi connectivity index (χ3v) is 5.07. The molecule has 0 bridgehead atoms. The number of unbranched alkanes of at least 4 members (excludes halogenated alkanes) is 14. The van der Waals surface area contributed by atoms with Crippen LogP contribution in [-0.2, 0) is 4.79 Å². The molecule has 2 N–H and O–H groups in total. The first-order chi connectivity index (χ1) is 12.0. The van der Waals surface area contributed by atoms with Crippen molar-refractivity contribution in [1.82, 2.24) is 0 Å². The molecule has 0 fully saturated rings. The molecule has 0 atom stereocenters. The lowest BCUT2D eigenvalue weighted by atomic mass is 10.0. The van der Waals surface area contributed by atoms with Gasteiger partial charge in [-0.1, -0.05) is 110 Å². The van der Waals surface area contributed by atoms with Crippen LogP contribution >= 0.6 is 0 Å². The van der Waals surface area contributed by atoms with E-state index in [1.54, 1.807) is 6.92 Å². The van der Waals surface area contributed by atoms with Gasteiger partial charge in [0.2, 0.25) is 5.91 Å². The molecule has 2 nitrogen and oxygen atoms in total. The normalized spacial score (nSPS) is 12.1. The second kappa shape index (κ2) is 18.0. The lowest BCUT2D eigenvalue weighted by molar-refractivity contribution is -0.114. The van der Waals surface area contributed by atoms with Crippen LogP contribution in [0.3, 0.4) is 0 Å². The standard InChI is InChI=1S/C23H45NO/c1-21(2)19-17-15-13-11-9-7-5-4-6-8-10-12-14-16-18-20-22(3)23(24)25/h20-21H,4-19H2,1-3H3,(H2,24,25)/b22-20+. The quantitative estimate of drug-likeness (QED) is 0.204. The Balaban J connectivity index is 3.12. The van der Waals surface area contributed by atoms with Crippen LogP contribution < -0.4 is 5.73 Å². The molecule has 0 aliphatic heterocycles. The van der Waals surface area contributed by atoms with Crippen LogP contribution in [0.1, 0.15) is 124 Å². The van der Waals surface area contributed by atoms with E-state index in [0.29, 0.717) is 5.57 Å². The van der Waals surface area contributed by atoms with Gasteiger partial charge in [0.05, 0.1) is 0 Å². The van der Waals surface area contributed by atoms with Crippen molar-refractivity contribution in [3.63, 3.8) is 0 Å². The molecule has 0 aliphatic rings. The highest BCUT2D eigenvalue weighted by atomic mass is 16.1. The van der Waals surface area contributed by atoms with Crippen molar-refractivity contribution in [3.05, 3.63) is 11.6 Å². The average Bonchev–Trinajstić information content (AvgIpc) is 2.57. The van der Waals surface area contributed by atoms with Gasteiger partial charge in [-0.25, -0.2) is 0 Å². The van der Waals surface area contributed by atoms with Gasteiger partial charge in [0.15, 0.2) is 0 Å². The van der Waals surface area contributed by atoms with Crippen LogP contribution in [0.4, 0.5) is 0 Å². The van der Waals surface area contributed by atoms with Gasteiger partial charge < -0.3 is 5.73 Å². The second-order valence-electron chi connectivity index (χ2n) is 8.17. The summed E-state index contributed by atoms with van der Waals surface area (Å²) < 4.78 is 0. The molecule has 0 aromatic heterocycles. The Morgan fingerprint density at radius 3 is 1.44 bits per heavy atom. The summed E-state index contributed by atoms with van der Waals surface area (Å²) in [6.07, 6.45) is 23.8. The largest absolute Gasteiger partial charge is 0.366 e. The first-order valence-corrected chi connectivity index (χ1v) is 11.0. The van der Waals surface area contributed by atoms with Crippen LogP contribution in [0.25, 0.3) is 0 Å². The lowest BCUT2D eigenvalue weighted by Gasteiger charge is -2.05. The predicted molar refractivity (Wildman–Crippen MR) is 112 cm³/mol. The Hall–Kier alpha value is -0.790. The number of allylic oxidation sites excluding steroid dienone is 1. The fraction of sp³-hybridized carbons (Fsp3) is 0.870. The van der Waals surface area contributed by atoms with E-state index in [1.165, 1.54) is 96.3 Å². The van der Waals surface area contributed by atoms with Crippen molar-refractivity contribution in [3.8, 4) is 0 Å². The van der Waals surface area contributed by atoms with Gasteiger partial charge >= 0.3 is 0 Å². The van der Waals surface area contributed by atoms with E-state index in [2.05, 4.69) is 13.8 Å². The summed E-state index contributed by atoms with van der Waals surface area (Å²) in [5.74, 6) is 0.592. The number of carbonyl (C=O) groups is 1. The Morgan fingerprint density at radius 2 is 1.08 bits per heavy atom. The van der Waals surface area contributed by atoms with Crippen LogP contribution in [0.2, 0.25) is 0 Å².